The number of nitrogens with two attached hydrogens (primary N) is 3. The minimum atomic E-state index is -3.48. The summed E-state index contributed by atoms with van der Waals surface area (Å²) >= 11 is 0. The summed E-state index contributed by atoms with van der Waals surface area (Å²) in [5, 5.41) is 103. The number of rotatable bonds is 9. The third-order valence-corrected chi connectivity index (χ3v) is 7.56. The number of ether oxygens (including phenoxy) is 5. The van der Waals surface area contributed by atoms with E-state index in [0.717, 1.165) is 0 Å². The fraction of sp³-hybridized carbons (Fsp3) is 1.00. The van der Waals surface area contributed by atoms with E-state index in [-0.39, 0.29) is 12.8 Å². The normalized spacial score (nSPS) is 48.2. The van der Waals surface area contributed by atoms with Gasteiger partial charge in [0, 0.05) is 0 Å². The molecule has 18 nitrogen and oxygen atoms in total. The fourth-order valence-electron chi connectivity index (χ4n) is 5.07. The van der Waals surface area contributed by atoms with E-state index in [4.69, 9.17) is 40.9 Å². The average molecular weight is 576 g/mol. The van der Waals surface area contributed by atoms with E-state index >= 15 is 0 Å². The monoisotopic (exact) mass is 575 g/mol. The van der Waals surface area contributed by atoms with Gasteiger partial charge in [0.2, 0.25) is 5.79 Å². The second kappa shape index (κ2) is 12.3. The quantitative estimate of drug-likeness (QED) is 0.113. The lowest BCUT2D eigenvalue weighted by atomic mass is 9.77. The van der Waals surface area contributed by atoms with Crippen molar-refractivity contribution in [1.82, 2.24) is 0 Å². The Hall–Kier alpha value is -0.720. The third kappa shape index (κ3) is 5.57. The first-order chi connectivity index (χ1) is 18.1. The lowest BCUT2D eigenvalue weighted by Gasteiger charge is -2.57. The molecule has 13 atom stereocenters. The Balaban J connectivity index is 1.82. The summed E-state index contributed by atoms with van der Waals surface area (Å²) in [6.07, 6.45) is -14.1. The van der Waals surface area contributed by atoms with Gasteiger partial charge in [0.25, 0.3) is 5.79 Å². The van der Waals surface area contributed by atoms with E-state index < -0.39 is 111 Å². The van der Waals surface area contributed by atoms with Gasteiger partial charge in [-0.25, -0.2) is 0 Å². The van der Waals surface area contributed by atoms with Crippen LogP contribution in [0.2, 0.25) is 0 Å². The minimum Gasteiger partial charge on any atom is -0.394 e. The Kier molecular flexibility index (Phi) is 10.3. The average Bonchev–Trinajstić information content (AvgIpc) is 2.90. The zero-order valence-corrected chi connectivity index (χ0v) is 21.2. The van der Waals surface area contributed by atoms with Gasteiger partial charge in [0.15, 0.2) is 24.5 Å². The van der Waals surface area contributed by atoms with Gasteiger partial charge in [-0.1, -0.05) is 13.3 Å². The highest BCUT2D eigenvalue weighted by Gasteiger charge is 2.71. The number of hydrogen-bond donors (Lipinski definition) is 13. The lowest BCUT2D eigenvalue weighted by molar-refractivity contribution is -0.484. The molecule has 3 saturated heterocycles. The predicted octanol–water partition coefficient (Wildman–Crippen LogP) is -7.86. The lowest BCUT2D eigenvalue weighted by Crippen LogP contribution is -2.82. The number of hydrogen-bond acceptors (Lipinski definition) is 18. The third-order valence-electron chi connectivity index (χ3n) is 7.56. The Labute approximate surface area is 223 Å². The number of aliphatic hydroxyl groups excluding tert-OH is 6. The molecule has 0 radical (unpaired) electrons. The molecule has 3 aliphatic rings. The van der Waals surface area contributed by atoms with Crippen LogP contribution in [0.4, 0.5) is 0 Å². The molecule has 0 aromatic heterocycles. The summed E-state index contributed by atoms with van der Waals surface area (Å²) in [7, 11) is 0. The van der Waals surface area contributed by atoms with Gasteiger partial charge in [0.05, 0.1) is 31.9 Å². The highest BCUT2D eigenvalue weighted by Crippen LogP contribution is 2.44. The first kappa shape index (κ1) is 32.8. The van der Waals surface area contributed by atoms with E-state index in [0.29, 0.717) is 0 Å². The minimum absolute atomic E-state index is 0.187. The van der Waals surface area contributed by atoms with Crippen LogP contribution in [0.15, 0.2) is 0 Å². The van der Waals surface area contributed by atoms with Gasteiger partial charge in [-0.15, -0.1) is 0 Å². The maximum Gasteiger partial charge on any atom is 0.252 e. The molecule has 18 heteroatoms. The summed E-state index contributed by atoms with van der Waals surface area (Å²) in [4.78, 5) is 0. The first-order valence-corrected chi connectivity index (χ1v) is 12.5. The van der Waals surface area contributed by atoms with Crippen LogP contribution in [0.5, 0.6) is 0 Å². The molecule has 0 aliphatic carbocycles. The molecular formula is C21H41N3O15. The summed E-state index contributed by atoms with van der Waals surface area (Å²) in [6.45, 7) is -1.02. The van der Waals surface area contributed by atoms with Gasteiger partial charge in [-0.2, -0.15) is 0 Å². The SMILES string of the molecule is CCC[C@]1(CO)O[C@H](OC2[C@@H](CO)O[C@@H](OC3[C@@H](CO)O[C@@H](O)[C@H](N)[C@H]3O)[C@H](N)[C@H]2O)[C@@H](N)C(O)(O)C1(O)O. The highest BCUT2D eigenvalue weighted by atomic mass is 16.8. The van der Waals surface area contributed by atoms with Crippen molar-refractivity contribution in [1.29, 1.82) is 0 Å². The second-order valence-corrected chi connectivity index (χ2v) is 10.1. The van der Waals surface area contributed by atoms with Crippen molar-refractivity contribution in [3.63, 3.8) is 0 Å². The van der Waals surface area contributed by atoms with Crippen LogP contribution in [-0.4, -0.2) is 162 Å². The zero-order chi connectivity index (χ0) is 29.5. The molecule has 0 bridgehead atoms. The van der Waals surface area contributed by atoms with E-state index in [1.165, 1.54) is 0 Å². The molecule has 16 N–H and O–H groups in total. The molecule has 3 heterocycles. The molecule has 39 heavy (non-hydrogen) atoms. The molecule has 0 aromatic carbocycles. The van der Waals surface area contributed by atoms with Crippen molar-refractivity contribution in [2.45, 2.75) is 111 Å². The van der Waals surface area contributed by atoms with Crippen LogP contribution in [0.1, 0.15) is 19.8 Å². The van der Waals surface area contributed by atoms with Gasteiger partial charge in [0.1, 0.15) is 42.7 Å². The van der Waals surface area contributed by atoms with Crippen LogP contribution in [-0.2, 0) is 23.7 Å². The maximum atomic E-state index is 11.0. The molecule has 3 rings (SSSR count). The predicted molar refractivity (Wildman–Crippen MR) is 123 cm³/mol. The summed E-state index contributed by atoms with van der Waals surface area (Å²) in [5.74, 6) is -6.92. The van der Waals surface area contributed by atoms with E-state index in [1.807, 2.05) is 0 Å². The molecule has 0 amide bonds. The van der Waals surface area contributed by atoms with Crippen LogP contribution < -0.4 is 17.2 Å². The molecule has 0 saturated carbocycles. The standard InChI is InChI=1S/C21H41N3O15/c1-2-3-19(6-27)21(33,34)20(31,32)15(24)18(39-19)38-14-8(5-26)36-17(10(23)12(14)29)37-13-7(4-25)35-16(30)9(22)11(13)28/h7-18,25-34H,2-6,22-24H2,1H3/t7-,8-,9-,10-,11-,12-,13?,14?,15-,16-,17+,18+,19-/m1/s1. The molecule has 3 aliphatic heterocycles. The van der Waals surface area contributed by atoms with E-state index in [9.17, 15) is 51.1 Å². The van der Waals surface area contributed by atoms with Crippen LogP contribution >= 0.6 is 0 Å². The van der Waals surface area contributed by atoms with Crippen molar-refractivity contribution in [2.75, 3.05) is 19.8 Å². The van der Waals surface area contributed by atoms with Crippen molar-refractivity contribution < 1.29 is 74.7 Å². The Morgan fingerprint density at radius 2 is 1.28 bits per heavy atom. The summed E-state index contributed by atoms with van der Waals surface area (Å²) in [6, 6.07) is -4.86. The smallest absolute Gasteiger partial charge is 0.252 e. The number of aliphatic hydroxyl groups is 10. The van der Waals surface area contributed by atoms with Crippen molar-refractivity contribution in [2.24, 2.45) is 17.2 Å². The molecule has 3 fully saturated rings. The molecule has 0 spiro atoms. The van der Waals surface area contributed by atoms with Crippen molar-refractivity contribution in [3.8, 4) is 0 Å². The fourth-order valence-corrected chi connectivity index (χ4v) is 5.07. The Bertz CT molecular complexity index is 807. The van der Waals surface area contributed by atoms with Crippen molar-refractivity contribution in [3.05, 3.63) is 0 Å². The topological polar surface area (TPSA) is 327 Å². The van der Waals surface area contributed by atoms with Crippen LogP contribution in [0.3, 0.4) is 0 Å². The first-order valence-electron chi connectivity index (χ1n) is 12.5. The maximum absolute atomic E-state index is 11.0. The van der Waals surface area contributed by atoms with Crippen LogP contribution in [0.25, 0.3) is 0 Å². The van der Waals surface area contributed by atoms with E-state index in [2.05, 4.69) is 0 Å². The summed E-state index contributed by atoms with van der Waals surface area (Å²) in [5.41, 5.74) is 15.2. The molecule has 230 valence electrons. The largest absolute Gasteiger partial charge is 0.394 e. The Morgan fingerprint density at radius 1 is 0.769 bits per heavy atom. The van der Waals surface area contributed by atoms with E-state index in [1.54, 1.807) is 6.92 Å². The molecular weight excluding hydrogens is 534 g/mol. The molecule has 0 aromatic rings. The van der Waals surface area contributed by atoms with Gasteiger partial charge < -0.3 is 92.0 Å². The van der Waals surface area contributed by atoms with Gasteiger partial charge in [-0.05, 0) is 6.42 Å². The molecule has 2 unspecified atom stereocenters. The zero-order valence-electron chi connectivity index (χ0n) is 21.2. The van der Waals surface area contributed by atoms with Gasteiger partial charge in [-0.3, -0.25) is 0 Å². The highest BCUT2D eigenvalue weighted by molar-refractivity contribution is 5.10. The van der Waals surface area contributed by atoms with Gasteiger partial charge >= 0.3 is 0 Å². The van der Waals surface area contributed by atoms with Crippen LogP contribution in [0, 0.1) is 0 Å². The second-order valence-electron chi connectivity index (χ2n) is 10.1. The summed E-state index contributed by atoms with van der Waals surface area (Å²) < 4.78 is 27.6. The van der Waals surface area contributed by atoms with Crippen molar-refractivity contribution >= 4 is 0 Å². The Morgan fingerprint density at radius 3 is 1.79 bits per heavy atom.